The number of aliphatic hydroxyl groups is 1. The number of piperidine rings is 1. The number of benzene rings is 1. The molecular formula is C23H27NO2S. The molecule has 3 nitrogen and oxygen atoms in total. The molecular weight excluding hydrogens is 354 g/mol. The fraction of sp³-hybridized carbons (Fsp3) is 0.435. The zero-order chi connectivity index (χ0) is 19.4. The average molecular weight is 382 g/mol. The van der Waals surface area contributed by atoms with E-state index in [2.05, 4.69) is 28.9 Å². The molecule has 2 aromatic rings. The van der Waals surface area contributed by atoms with Gasteiger partial charge >= 0.3 is 0 Å². The summed E-state index contributed by atoms with van der Waals surface area (Å²) in [7, 11) is 0. The van der Waals surface area contributed by atoms with Crippen LogP contribution >= 0.6 is 11.3 Å². The molecule has 1 aliphatic heterocycles. The molecule has 0 unspecified atom stereocenters. The van der Waals surface area contributed by atoms with E-state index in [1.54, 1.807) is 25.2 Å². The minimum absolute atomic E-state index is 0.105. The van der Waals surface area contributed by atoms with E-state index in [0.29, 0.717) is 5.78 Å². The largest absolute Gasteiger partial charge is 0.378 e. The number of carbonyl (C=O) groups is 1. The highest BCUT2D eigenvalue weighted by Gasteiger charge is 2.28. The highest BCUT2D eigenvalue weighted by atomic mass is 32.1. The topological polar surface area (TPSA) is 40.5 Å². The first-order valence-corrected chi connectivity index (χ1v) is 10.3. The van der Waals surface area contributed by atoms with Gasteiger partial charge in [-0.25, -0.2) is 0 Å². The molecule has 0 aliphatic carbocycles. The predicted molar refractivity (Wildman–Crippen MR) is 111 cm³/mol. The van der Waals surface area contributed by atoms with E-state index in [0.717, 1.165) is 48.5 Å². The molecule has 27 heavy (non-hydrogen) atoms. The molecule has 1 atom stereocenters. The van der Waals surface area contributed by atoms with Crippen molar-refractivity contribution in [3.8, 4) is 11.8 Å². The smallest absolute Gasteiger partial charge is 0.177 e. The Bertz CT molecular complexity index is 849. The summed E-state index contributed by atoms with van der Waals surface area (Å²) >= 11 is 1.57. The van der Waals surface area contributed by atoms with Crippen LogP contribution in [0.25, 0.3) is 0 Å². The molecule has 0 spiro atoms. The van der Waals surface area contributed by atoms with E-state index in [9.17, 15) is 9.90 Å². The van der Waals surface area contributed by atoms with Gasteiger partial charge in [-0.15, -0.1) is 11.3 Å². The van der Waals surface area contributed by atoms with Gasteiger partial charge in [0.05, 0.1) is 4.88 Å². The Labute approximate surface area is 166 Å². The van der Waals surface area contributed by atoms with Crippen LogP contribution in [-0.2, 0) is 6.54 Å². The van der Waals surface area contributed by atoms with Crippen molar-refractivity contribution in [2.24, 2.45) is 5.92 Å². The first-order chi connectivity index (χ1) is 12.8. The number of carbonyl (C=O) groups excluding carboxylic acids is 1. The Hall–Kier alpha value is -1.93. The van der Waals surface area contributed by atoms with Gasteiger partial charge in [-0.05, 0) is 74.9 Å². The van der Waals surface area contributed by atoms with Crippen molar-refractivity contribution in [2.45, 2.75) is 45.8 Å². The van der Waals surface area contributed by atoms with Crippen molar-refractivity contribution in [3.63, 3.8) is 0 Å². The lowest BCUT2D eigenvalue weighted by Crippen LogP contribution is -2.38. The van der Waals surface area contributed by atoms with E-state index >= 15 is 0 Å². The maximum Gasteiger partial charge on any atom is 0.177 e. The second kappa shape index (κ2) is 8.39. The van der Waals surface area contributed by atoms with Crippen LogP contribution in [0.3, 0.4) is 0 Å². The molecule has 1 N–H and O–H groups in total. The summed E-state index contributed by atoms with van der Waals surface area (Å²) in [6, 6.07) is 10.2. The molecule has 1 aromatic heterocycles. The SMILES string of the molecule is Cc1ccsc1C(=O)[C@H]1CCCN(Cc2ccc(C#CC(C)(C)O)cc2)C1. The number of ketones is 1. The van der Waals surface area contributed by atoms with E-state index in [1.165, 1.54) is 5.56 Å². The molecule has 0 radical (unpaired) electrons. The molecule has 1 aromatic carbocycles. The fourth-order valence-corrected chi connectivity index (χ4v) is 4.35. The van der Waals surface area contributed by atoms with E-state index in [-0.39, 0.29) is 5.92 Å². The normalized spacial score (nSPS) is 18.0. The third-order valence-corrected chi connectivity index (χ3v) is 5.87. The summed E-state index contributed by atoms with van der Waals surface area (Å²) in [6.45, 7) is 8.10. The molecule has 3 rings (SSSR count). The van der Waals surface area contributed by atoms with E-state index in [1.807, 2.05) is 30.5 Å². The monoisotopic (exact) mass is 381 g/mol. The molecule has 0 bridgehead atoms. The Balaban J connectivity index is 1.61. The van der Waals surface area contributed by atoms with Gasteiger partial charge in [0.15, 0.2) is 5.78 Å². The fourth-order valence-electron chi connectivity index (χ4n) is 3.40. The minimum Gasteiger partial charge on any atom is -0.378 e. The lowest BCUT2D eigenvalue weighted by atomic mass is 9.92. The maximum absolute atomic E-state index is 12.8. The highest BCUT2D eigenvalue weighted by Crippen LogP contribution is 2.26. The Kier molecular flexibility index (Phi) is 6.16. The zero-order valence-electron chi connectivity index (χ0n) is 16.3. The summed E-state index contributed by atoms with van der Waals surface area (Å²) in [5.74, 6) is 6.25. The van der Waals surface area contributed by atoms with Crippen molar-refractivity contribution in [3.05, 3.63) is 57.3 Å². The molecule has 142 valence electrons. The van der Waals surface area contributed by atoms with Crippen molar-refractivity contribution in [2.75, 3.05) is 13.1 Å². The average Bonchev–Trinajstić information content (AvgIpc) is 3.06. The predicted octanol–water partition coefficient (Wildman–Crippen LogP) is 4.27. The second-order valence-electron chi connectivity index (χ2n) is 7.88. The van der Waals surface area contributed by atoms with Crippen LogP contribution < -0.4 is 0 Å². The Morgan fingerprint density at radius 2 is 2.04 bits per heavy atom. The van der Waals surface area contributed by atoms with Crippen molar-refractivity contribution < 1.29 is 9.90 Å². The number of hydrogen-bond acceptors (Lipinski definition) is 4. The lowest BCUT2D eigenvalue weighted by Gasteiger charge is -2.32. The minimum atomic E-state index is -0.977. The number of thiophene rings is 1. The molecule has 4 heteroatoms. The zero-order valence-corrected chi connectivity index (χ0v) is 17.1. The van der Waals surface area contributed by atoms with Gasteiger partial charge in [-0.2, -0.15) is 0 Å². The van der Waals surface area contributed by atoms with Gasteiger partial charge in [0.25, 0.3) is 0 Å². The molecule has 0 amide bonds. The van der Waals surface area contributed by atoms with Crippen LogP contribution in [0.4, 0.5) is 0 Å². The van der Waals surface area contributed by atoms with Gasteiger partial charge in [-0.3, -0.25) is 9.69 Å². The van der Waals surface area contributed by atoms with Crippen molar-refractivity contribution in [1.82, 2.24) is 4.90 Å². The number of rotatable bonds is 4. The van der Waals surface area contributed by atoms with Crippen molar-refractivity contribution >= 4 is 17.1 Å². The number of hydrogen-bond donors (Lipinski definition) is 1. The third-order valence-electron chi connectivity index (χ3n) is 4.84. The summed E-state index contributed by atoms with van der Waals surface area (Å²) < 4.78 is 0. The molecule has 1 saturated heterocycles. The molecule has 0 saturated carbocycles. The van der Waals surface area contributed by atoms with Crippen LogP contribution in [0.5, 0.6) is 0 Å². The van der Waals surface area contributed by atoms with E-state index in [4.69, 9.17) is 0 Å². The first-order valence-electron chi connectivity index (χ1n) is 9.47. The Morgan fingerprint density at radius 3 is 2.67 bits per heavy atom. The van der Waals surface area contributed by atoms with Crippen LogP contribution in [0.15, 0.2) is 35.7 Å². The highest BCUT2D eigenvalue weighted by molar-refractivity contribution is 7.12. The maximum atomic E-state index is 12.8. The summed E-state index contributed by atoms with van der Waals surface area (Å²) in [5.41, 5.74) is 2.25. The van der Waals surface area contributed by atoms with Crippen LogP contribution in [0.1, 0.15) is 53.1 Å². The number of nitrogens with zero attached hydrogens (tertiary/aromatic N) is 1. The summed E-state index contributed by atoms with van der Waals surface area (Å²) in [5, 5.41) is 11.7. The second-order valence-corrected chi connectivity index (χ2v) is 8.79. The molecule has 2 heterocycles. The van der Waals surface area contributed by atoms with E-state index < -0.39 is 5.60 Å². The van der Waals surface area contributed by atoms with Crippen molar-refractivity contribution in [1.29, 1.82) is 0 Å². The number of Topliss-reactive ketones (excluding diaryl/α,β-unsaturated/α-hetero) is 1. The quantitative estimate of drug-likeness (QED) is 0.635. The number of likely N-dealkylation sites (tertiary alicyclic amines) is 1. The Morgan fingerprint density at radius 1 is 1.30 bits per heavy atom. The van der Waals surface area contributed by atoms with Crippen LogP contribution in [0, 0.1) is 24.7 Å². The summed E-state index contributed by atoms with van der Waals surface area (Å²) in [6.07, 6.45) is 2.05. The van der Waals surface area contributed by atoms with Crippen LogP contribution in [-0.4, -0.2) is 34.5 Å². The summed E-state index contributed by atoms with van der Waals surface area (Å²) in [4.78, 5) is 16.1. The van der Waals surface area contributed by atoms with Gasteiger partial charge in [0.2, 0.25) is 0 Å². The van der Waals surface area contributed by atoms with Gasteiger partial charge in [0, 0.05) is 24.6 Å². The van der Waals surface area contributed by atoms with Gasteiger partial charge in [-0.1, -0.05) is 24.0 Å². The first kappa shape index (κ1) is 19.8. The molecule has 1 aliphatic rings. The van der Waals surface area contributed by atoms with Gasteiger partial charge < -0.3 is 5.11 Å². The van der Waals surface area contributed by atoms with Gasteiger partial charge in [0.1, 0.15) is 5.60 Å². The lowest BCUT2D eigenvalue weighted by molar-refractivity contribution is 0.0815. The van der Waals surface area contributed by atoms with Crippen LogP contribution in [0.2, 0.25) is 0 Å². The number of aryl methyl sites for hydroxylation is 1. The standard InChI is InChI=1S/C23H27NO2S/c1-17-11-14-27-22(17)21(25)20-5-4-13-24(16-20)15-19-8-6-18(7-9-19)10-12-23(2,3)26/h6-9,11,14,20,26H,4-5,13,15-16H2,1-3H3/t20-/m0/s1. The third kappa shape index (κ3) is 5.52. The molecule has 1 fully saturated rings.